The SMILES string of the molecule is C=C1/C=C/C=C\C2OC2CC(C)NC(=O)c2c(O)cc(O)c(Cl)c2C1. The zero-order valence-electron chi connectivity index (χ0n) is 13.8. The summed E-state index contributed by atoms with van der Waals surface area (Å²) in [6, 6.07) is 0.938. The fourth-order valence-electron chi connectivity index (χ4n) is 2.97. The lowest BCUT2D eigenvalue weighted by Gasteiger charge is -2.18. The molecule has 1 amide bonds. The minimum absolute atomic E-state index is 0.0402. The molecule has 1 aromatic carbocycles. The smallest absolute Gasteiger partial charge is 0.255 e. The third kappa shape index (κ3) is 3.89. The molecule has 0 aromatic heterocycles. The van der Waals surface area contributed by atoms with Crippen LogP contribution in [0.2, 0.25) is 5.02 Å². The molecule has 1 fully saturated rings. The van der Waals surface area contributed by atoms with Gasteiger partial charge in [-0.1, -0.05) is 48.1 Å². The number of fused-ring (bicyclic) bond motifs is 2. The molecule has 132 valence electrons. The van der Waals surface area contributed by atoms with E-state index in [4.69, 9.17) is 16.3 Å². The lowest BCUT2D eigenvalue weighted by atomic mass is 9.97. The lowest BCUT2D eigenvalue weighted by molar-refractivity contribution is 0.0933. The van der Waals surface area contributed by atoms with Gasteiger partial charge in [0.1, 0.15) is 17.6 Å². The maximum atomic E-state index is 12.7. The summed E-state index contributed by atoms with van der Waals surface area (Å²) in [5, 5.41) is 23.0. The Morgan fingerprint density at radius 1 is 1.32 bits per heavy atom. The van der Waals surface area contributed by atoms with Crippen LogP contribution in [0.4, 0.5) is 0 Å². The first kappa shape index (κ1) is 17.6. The molecule has 1 aromatic rings. The number of phenols is 2. The molecule has 3 atom stereocenters. The van der Waals surface area contributed by atoms with Crippen LogP contribution < -0.4 is 5.32 Å². The van der Waals surface area contributed by atoms with Gasteiger partial charge >= 0.3 is 0 Å². The van der Waals surface area contributed by atoms with E-state index in [1.807, 2.05) is 25.2 Å². The maximum absolute atomic E-state index is 12.7. The van der Waals surface area contributed by atoms with Crippen LogP contribution in [0.25, 0.3) is 0 Å². The molecule has 2 aliphatic rings. The second-order valence-electron chi connectivity index (χ2n) is 6.41. The van der Waals surface area contributed by atoms with Gasteiger partial charge in [0.15, 0.2) is 0 Å². The van der Waals surface area contributed by atoms with Gasteiger partial charge in [-0.2, -0.15) is 0 Å². The summed E-state index contributed by atoms with van der Waals surface area (Å²) in [6.45, 7) is 5.83. The van der Waals surface area contributed by atoms with Gasteiger partial charge in [-0.3, -0.25) is 4.79 Å². The standard InChI is InChI=1S/C19H20ClNO4/c1-10-5-3-4-6-15-16(25-15)8-11(2)21-19(24)17-12(7-10)18(20)14(23)9-13(17)22/h3-6,9,11,15-16,22-23H,1,7-8H2,2H3,(H,21,24)/b5-3+,6-4-. The molecular weight excluding hydrogens is 342 g/mol. The summed E-state index contributed by atoms with van der Waals surface area (Å²) in [7, 11) is 0. The average Bonchev–Trinajstić information content (AvgIpc) is 3.25. The van der Waals surface area contributed by atoms with Crippen molar-refractivity contribution in [3.63, 3.8) is 0 Å². The third-order valence-electron chi connectivity index (χ3n) is 4.28. The Bertz CT molecular complexity index is 784. The van der Waals surface area contributed by atoms with Gasteiger partial charge in [0, 0.05) is 12.1 Å². The molecule has 3 rings (SSSR count). The Labute approximate surface area is 151 Å². The van der Waals surface area contributed by atoms with Crippen molar-refractivity contribution in [1.82, 2.24) is 5.32 Å². The van der Waals surface area contributed by atoms with Crippen molar-refractivity contribution in [1.29, 1.82) is 0 Å². The number of amides is 1. The molecule has 0 saturated carbocycles. The Balaban J connectivity index is 2.01. The highest BCUT2D eigenvalue weighted by molar-refractivity contribution is 6.33. The number of phenolic OH excluding ortho intramolecular Hbond substituents is 2. The van der Waals surface area contributed by atoms with Crippen molar-refractivity contribution < 1.29 is 19.7 Å². The number of carbonyl (C=O) groups excluding carboxylic acids is 1. The molecule has 0 aliphatic carbocycles. The fraction of sp³-hybridized carbons (Fsp3) is 0.316. The van der Waals surface area contributed by atoms with E-state index >= 15 is 0 Å². The second-order valence-corrected chi connectivity index (χ2v) is 6.79. The van der Waals surface area contributed by atoms with Gasteiger partial charge in [-0.25, -0.2) is 0 Å². The number of hydrogen-bond donors (Lipinski definition) is 3. The largest absolute Gasteiger partial charge is 0.507 e. The number of allylic oxidation sites excluding steroid dienone is 4. The van der Waals surface area contributed by atoms with Crippen LogP contribution in [-0.4, -0.2) is 34.4 Å². The number of ether oxygens (including phenoxy) is 1. The van der Waals surface area contributed by atoms with Gasteiger partial charge < -0.3 is 20.3 Å². The number of benzene rings is 1. The highest BCUT2D eigenvalue weighted by Crippen LogP contribution is 2.37. The number of aromatic hydroxyl groups is 2. The van der Waals surface area contributed by atoms with E-state index in [1.54, 1.807) is 6.08 Å². The van der Waals surface area contributed by atoms with Gasteiger partial charge in [0.05, 0.1) is 16.7 Å². The predicted molar refractivity (Wildman–Crippen MR) is 96.1 cm³/mol. The number of rotatable bonds is 0. The van der Waals surface area contributed by atoms with E-state index in [9.17, 15) is 15.0 Å². The topological polar surface area (TPSA) is 82.1 Å². The highest BCUT2D eigenvalue weighted by Gasteiger charge is 2.37. The lowest BCUT2D eigenvalue weighted by Crippen LogP contribution is -2.34. The van der Waals surface area contributed by atoms with Crippen LogP contribution in [0.15, 0.2) is 42.5 Å². The number of epoxide rings is 1. The van der Waals surface area contributed by atoms with E-state index in [1.165, 1.54) is 0 Å². The van der Waals surface area contributed by atoms with E-state index in [-0.39, 0.29) is 46.8 Å². The van der Waals surface area contributed by atoms with Gasteiger partial charge in [-0.05, 0) is 25.3 Å². The van der Waals surface area contributed by atoms with E-state index < -0.39 is 5.91 Å². The van der Waals surface area contributed by atoms with Crippen molar-refractivity contribution >= 4 is 17.5 Å². The molecule has 3 unspecified atom stereocenters. The molecule has 3 N–H and O–H groups in total. The number of nitrogens with one attached hydrogen (secondary N) is 1. The minimum atomic E-state index is -0.441. The van der Waals surface area contributed by atoms with Crippen molar-refractivity contribution in [2.24, 2.45) is 0 Å². The average molecular weight is 362 g/mol. The Hall–Kier alpha value is -2.24. The fourth-order valence-corrected chi connectivity index (χ4v) is 3.19. The number of hydrogen-bond acceptors (Lipinski definition) is 4. The van der Waals surface area contributed by atoms with Crippen LogP contribution in [0.3, 0.4) is 0 Å². The first-order valence-electron chi connectivity index (χ1n) is 8.09. The van der Waals surface area contributed by atoms with Crippen LogP contribution in [0, 0.1) is 0 Å². The second kappa shape index (κ2) is 6.94. The Kier molecular flexibility index (Phi) is 4.88. The summed E-state index contributed by atoms with van der Waals surface area (Å²) in [5.74, 6) is -1.03. The van der Waals surface area contributed by atoms with Crippen LogP contribution >= 0.6 is 11.6 Å². The van der Waals surface area contributed by atoms with Gasteiger partial charge in [0.2, 0.25) is 0 Å². The molecule has 6 heteroatoms. The Morgan fingerprint density at radius 3 is 2.84 bits per heavy atom. The van der Waals surface area contributed by atoms with Crippen molar-refractivity contribution in [3.05, 3.63) is 58.7 Å². The van der Waals surface area contributed by atoms with Crippen molar-refractivity contribution in [2.75, 3.05) is 0 Å². The molecule has 0 bridgehead atoms. The molecule has 2 heterocycles. The normalized spacial score (nSPS) is 29.0. The predicted octanol–water partition coefficient (Wildman–Crippen LogP) is 3.25. The molecule has 1 saturated heterocycles. The first-order valence-corrected chi connectivity index (χ1v) is 8.47. The zero-order valence-corrected chi connectivity index (χ0v) is 14.6. The molecule has 0 radical (unpaired) electrons. The summed E-state index contributed by atoms with van der Waals surface area (Å²) in [6.07, 6.45) is 8.52. The van der Waals surface area contributed by atoms with E-state index in [0.29, 0.717) is 17.6 Å². The molecular formula is C19H20ClNO4. The Morgan fingerprint density at radius 2 is 2.08 bits per heavy atom. The third-order valence-corrected chi connectivity index (χ3v) is 4.70. The van der Waals surface area contributed by atoms with Crippen LogP contribution in [-0.2, 0) is 11.2 Å². The molecule has 5 nitrogen and oxygen atoms in total. The summed E-state index contributed by atoms with van der Waals surface area (Å²) >= 11 is 6.19. The quantitative estimate of drug-likeness (QED) is 0.619. The summed E-state index contributed by atoms with van der Waals surface area (Å²) in [4.78, 5) is 12.7. The summed E-state index contributed by atoms with van der Waals surface area (Å²) < 4.78 is 5.56. The van der Waals surface area contributed by atoms with Crippen molar-refractivity contribution in [2.45, 2.75) is 38.0 Å². The van der Waals surface area contributed by atoms with E-state index in [0.717, 1.165) is 6.07 Å². The summed E-state index contributed by atoms with van der Waals surface area (Å²) in [5.41, 5.74) is 1.09. The van der Waals surface area contributed by atoms with Gasteiger partial charge in [0.25, 0.3) is 5.91 Å². The first-order chi connectivity index (χ1) is 11.9. The zero-order chi connectivity index (χ0) is 18.1. The number of halogens is 1. The minimum Gasteiger partial charge on any atom is -0.507 e. The van der Waals surface area contributed by atoms with Crippen molar-refractivity contribution in [3.8, 4) is 11.5 Å². The van der Waals surface area contributed by atoms with Crippen LogP contribution in [0.1, 0.15) is 29.3 Å². The highest BCUT2D eigenvalue weighted by atomic mass is 35.5. The monoisotopic (exact) mass is 361 g/mol. The molecule has 0 spiro atoms. The van der Waals surface area contributed by atoms with E-state index in [2.05, 4.69) is 11.9 Å². The maximum Gasteiger partial charge on any atom is 0.255 e. The molecule has 25 heavy (non-hydrogen) atoms. The number of carbonyl (C=O) groups is 1. The van der Waals surface area contributed by atoms with Crippen LogP contribution in [0.5, 0.6) is 11.5 Å². The molecule has 2 aliphatic heterocycles. The van der Waals surface area contributed by atoms with Gasteiger partial charge in [-0.15, -0.1) is 0 Å².